The van der Waals surface area contributed by atoms with Gasteiger partial charge in [-0.2, -0.15) is 0 Å². The Bertz CT molecular complexity index is 1050. The minimum Gasteiger partial charge on any atom is -0.493 e. The first kappa shape index (κ1) is 28.0. The van der Waals surface area contributed by atoms with E-state index < -0.39 is 36.2 Å². The van der Waals surface area contributed by atoms with Gasteiger partial charge in [-0.25, -0.2) is 0 Å². The van der Waals surface area contributed by atoms with E-state index in [9.17, 15) is 24.6 Å². The van der Waals surface area contributed by atoms with Gasteiger partial charge in [0, 0.05) is 49.6 Å². The molecule has 0 bridgehead atoms. The van der Waals surface area contributed by atoms with Gasteiger partial charge in [-0.15, -0.1) is 0 Å². The van der Waals surface area contributed by atoms with E-state index in [4.69, 9.17) is 18.9 Å². The van der Waals surface area contributed by atoms with Gasteiger partial charge in [-0.1, -0.05) is 0 Å². The van der Waals surface area contributed by atoms with Crippen molar-refractivity contribution in [2.45, 2.75) is 56.5 Å². The van der Waals surface area contributed by atoms with Gasteiger partial charge in [0.05, 0.1) is 25.7 Å². The van der Waals surface area contributed by atoms with E-state index in [2.05, 4.69) is 5.32 Å². The van der Waals surface area contributed by atoms with Crippen LogP contribution >= 0.6 is 0 Å². The van der Waals surface area contributed by atoms with E-state index in [0.29, 0.717) is 61.6 Å². The Labute approximate surface area is 221 Å². The Kier molecular flexibility index (Phi) is 9.37. The molecule has 2 amide bonds. The fourth-order valence-electron chi connectivity index (χ4n) is 5.40. The van der Waals surface area contributed by atoms with Gasteiger partial charge >= 0.3 is 0 Å². The lowest BCUT2D eigenvalue weighted by Crippen LogP contribution is -2.57. The number of aldehydes is 1. The maximum absolute atomic E-state index is 13.6. The molecule has 11 heteroatoms. The molecule has 1 aromatic rings. The fourth-order valence-corrected chi connectivity index (χ4v) is 5.40. The molecule has 0 aromatic heterocycles. The second kappa shape index (κ2) is 12.7. The Hall–Kier alpha value is -2.99. The van der Waals surface area contributed by atoms with Crippen molar-refractivity contribution in [1.29, 1.82) is 0 Å². The van der Waals surface area contributed by atoms with Crippen molar-refractivity contribution in [1.82, 2.24) is 10.2 Å². The zero-order valence-corrected chi connectivity index (χ0v) is 21.8. The molecule has 2 heterocycles. The number of nitrogens with one attached hydrogen (secondary N) is 1. The molecule has 0 spiro atoms. The second-order valence-electron chi connectivity index (χ2n) is 9.49. The van der Waals surface area contributed by atoms with Crippen molar-refractivity contribution in [3.8, 4) is 11.5 Å². The molecule has 2 aliphatic heterocycles. The van der Waals surface area contributed by atoms with Crippen LogP contribution in [-0.4, -0.2) is 104 Å². The van der Waals surface area contributed by atoms with Crippen LogP contribution in [0.5, 0.6) is 11.5 Å². The molecule has 5 unspecified atom stereocenters. The quantitative estimate of drug-likeness (QED) is 0.260. The minimum absolute atomic E-state index is 0.0269. The second-order valence-corrected chi connectivity index (χ2v) is 9.49. The van der Waals surface area contributed by atoms with Crippen molar-refractivity contribution in [2.24, 2.45) is 0 Å². The van der Waals surface area contributed by atoms with E-state index in [1.54, 1.807) is 17.0 Å². The smallest absolute Gasteiger partial charge is 0.252 e. The van der Waals surface area contributed by atoms with Crippen LogP contribution in [0.4, 0.5) is 0 Å². The monoisotopic (exact) mass is 532 g/mol. The molecule has 5 atom stereocenters. The number of hydrogen-bond acceptors (Lipinski definition) is 9. The standard InChI is InChI=1S/C27H36N2O9/c1-3-36-10-5-8-29(27(34)20-6-4-11-37-20)19-14-18(26(33)28-7-9-30)22-17-12-16(15-31)13-21(35-2)24(17)38-25(22)23(19)32/h12-15,19-20,22-23,25,30,32H,3-11H2,1-2H3,(H,28,33). The van der Waals surface area contributed by atoms with Crippen molar-refractivity contribution in [3.05, 3.63) is 34.9 Å². The summed E-state index contributed by atoms with van der Waals surface area (Å²) in [6.45, 7) is 3.41. The summed E-state index contributed by atoms with van der Waals surface area (Å²) in [5.74, 6) is -0.795. The predicted molar refractivity (Wildman–Crippen MR) is 135 cm³/mol. The minimum atomic E-state index is -1.19. The summed E-state index contributed by atoms with van der Waals surface area (Å²) in [6, 6.07) is 2.27. The molecule has 1 aromatic carbocycles. The molecule has 0 radical (unpaired) electrons. The highest BCUT2D eigenvalue weighted by molar-refractivity contribution is 5.96. The van der Waals surface area contributed by atoms with Crippen LogP contribution in [0.3, 0.4) is 0 Å². The number of hydrogen-bond donors (Lipinski definition) is 3. The van der Waals surface area contributed by atoms with Crippen LogP contribution in [0.1, 0.15) is 48.0 Å². The summed E-state index contributed by atoms with van der Waals surface area (Å²) in [5, 5.41) is 23.6. The average Bonchev–Trinajstić information content (AvgIpc) is 3.61. The molecule has 3 N–H and O–H groups in total. The molecule has 0 saturated carbocycles. The zero-order valence-electron chi connectivity index (χ0n) is 21.8. The molecule has 3 aliphatic rings. The number of fused-ring (bicyclic) bond motifs is 3. The average molecular weight is 533 g/mol. The van der Waals surface area contributed by atoms with Crippen molar-refractivity contribution in [3.63, 3.8) is 0 Å². The SMILES string of the molecule is CCOCCCN(C(=O)C1CCCO1)C1C=C(C(=O)NCCO)C2c3cc(C=O)cc(OC)c3OC2C1O. The Morgan fingerprint density at radius 1 is 1.32 bits per heavy atom. The van der Waals surface area contributed by atoms with Crippen molar-refractivity contribution in [2.75, 3.05) is 46.6 Å². The maximum Gasteiger partial charge on any atom is 0.252 e. The summed E-state index contributed by atoms with van der Waals surface area (Å²) in [7, 11) is 1.44. The number of methoxy groups -OCH3 is 1. The van der Waals surface area contributed by atoms with Gasteiger partial charge in [0.25, 0.3) is 5.91 Å². The molecule has 11 nitrogen and oxygen atoms in total. The maximum atomic E-state index is 13.6. The van der Waals surface area contributed by atoms with E-state index >= 15 is 0 Å². The van der Waals surface area contributed by atoms with Crippen LogP contribution in [0.25, 0.3) is 0 Å². The summed E-state index contributed by atoms with van der Waals surface area (Å²) in [6.07, 6.45) is 1.42. The molecular weight excluding hydrogens is 496 g/mol. The third kappa shape index (κ3) is 5.56. The van der Waals surface area contributed by atoms with Crippen LogP contribution < -0.4 is 14.8 Å². The number of aliphatic hydroxyl groups is 2. The Morgan fingerprint density at radius 3 is 2.79 bits per heavy atom. The van der Waals surface area contributed by atoms with Gasteiger partial charge < -0.3 is 39.4 Å². The van der Waals surface area contributed by atoms with E-state index in [1.807, 2.05) is 6.92 Å². The first-order valence-electron chi connectivity index (χ1n) is 13.1. The van der Waals surface area contributed by atoms with Gasteiger partial charge in [-0.3, -0.25) is 14.4 Å². The third-order valence-electron chi connectivity index (χ3n) is 7.15. The highest BCUT2D eigenvalue weighted by atomic mass is 16.5. The number of carbonyl (C=O) groups excluding carboxylic acids is 3. The van der Waals surface area contributed by atoms with Gasteiger partial charge in [-0.05, 0) is 44.4 Å². The van der Waals surface area contributed by atoms with Gasteiger partial charge in [0.2, 0.25) is 5.91 Å². The van der Waals surface area contributed by atoms with E-state index in [0.717, 1.165) is 6.42 Å². The van der Waals surface area contributed by atoms with Gasteiger partial charge in [0.1, 0.15) is 24.6 Å². The topological polar surface area (TPSA) is 144 Å². The van der Waals surface area contributed by atoms with Crippen LogP contribution in [-0.2, 0) is 19.1 Å². The van der Waals surface area contributed by atoms with Crippen molar-refractivity contribution < 1.29 is 43.5 Å². The summed E-state index contributed by atoms with van der Waals surface area (Å²) in [5.41, 5.74) is 1.15. The first-order chi connectivity index (χ1) is 18.4. The number of ether oxygens (including phenoxy) is 4. The number of nitrogens with zero attached hydrogens (tertiary/aromatic N) is 1. The summed E-state index contributed by atoms with van der Waals surface area (Å²) < 4.78 is 22.8. The largest absolute Gasteiger partial charge is 0.493 e. The number of carbonyl (C=O) groups is 3. The van der Waals surface area contributed by atoms with Crippen LogP contribution in [0.15, 0.2) is 23.8 Å². The van der Waals surface area contributed by atoms with Crippen LogP contribution in [0.2, 0.25) is 0 Å². The molecule has 4 rings (SSSR count). The Morgan fingerprint density at radius 2 is 2.13 bits per heavy atom. The van der Waals surface area contributed by atoms with E-state index in [1.165, 1.54) is 13.2 Å². The molecule has 1 fully saturated rings. The molecule has 1 saturated heterocycles. The molecular formula is C27H36N2O9. The number of aliphatic hydroxyl groups excluding tert-OH is 2. The highest BCUT2D eigenvalue weighted by Crippen LogP contribution is 2.51. The normalized spacial score (nSPS) is 25.6. The van der Waals surface area contributed by atoms with Crippen LogP contribution in [0, 0.1) is 0 Å². The predicted octanol–water partition coefficient (Wildman–Crippen LogP) is 0.565. The Balaban J connectivity index is 1.75. The fraction of sp³-hybridized carbons (Fsp3) is 0.593. The lowest BCUT2D eigenvalue weighted by molar-refractivity contribution is -0.147. The highest BCUT2D eigenvalue weighted by Gasteiger charge is 2.52. The number of benzene rings is 1. The lowest BCUT2D eigenvalue weighted by atomic mass is 9.77. The van der Waals surface area contributed by atoms with E-state index in [-0.39, 0.29) is 31.2 Å². The van der Waals surface area contributed by atoms with Gasteiger partial charge in [0.15, 0.2) is 11.5 Å². The number of amides is 2. The number of rotatable bonds is 12. The molecule has 38 heavy (non-hydrogen) atoms. The summed E-state index contributed by atoms with van der Waals surface area (Å²) in [4.78, 5) is 40.1. The molecule has 208 valence electrons. The lowest BCUT2D eigenvalue weighted by Gasteiger charge is -2.41. The first-order valence-corrected chi connectivity index (χ1v) is 13.1. The zero-order chi connectivity index (χ0) is 27.2. The van der Waals surface area contributed by atoms with Crippen molar-refractivity contribution >= 4 is 18.1 Å². The third-order valence-corrected chi connectivity index (χ3v) is 7.15. The molecule has 1 aliphatic carbocycles. The summed E-state index contributed by atoms with van der Waals surface area (Å²) >= 11 is 0.